The number of nitrogens with one attached hydrogen (secondary N) is 1. The maximum atomic E-state index is 11.4. The zero-order valence-electron chi connectivity index (χ0n) is 11.2. The predicted molar refractivity (Wildman–Crippen MR) is 75.5 cm³/mol. The van der Waals surface area contributed by atoms with Gasteiger partial charge in [-0.25, -0.2) is 0 Å². The molecule has 1 aliphatic rings. The quantitative estimate of drug-likeness (QED) is 0.764. The predicted octanol–water partition coefficient (Wildman–Crippen LogP) is 1.60. The minimum absolute atomic E-state index is 0.0405. The Morgan fingerprint density at radius 1 is 1.26 bits per heavy atom. The van der Waals surface area contributed by atoms with Crippen LogP contribution in [0.25, 0.3) is 0 Å². The first kappa shape index (κ1) is 14.0. The van der Waals surface area contributed by atoms with E-state index in [1.165, 1.54) is 12.8 Å². The van der Waals surface area contributed by atoms with Crippen LogP contribution in [0, 0.1) is 5.92 Å². The molecular formula is C15H22N2O2. The summed E-state index contributed by atoms with van der Waals surface area (Å²) in [5.41, 5.74) is 5.97. The van der Waals surface area contributed by atoms with Gasteiger partial charge in [-0.05, 0) is 62.5 Å². The third-order valence-electron chi connectivity index (χ3n) is 3.62. The number of hydrogen-bond acceptors (Lipinski definition) is 4. The number of ketones is 1. The number of ether oxygens (including phenoxy) is 1. The number of rotatable bonds is 6. The van der Waals surface area contributed by atoms with Gasteiger partial charge < -0.3 is 15.8 Å². The normalized spacial score (nSPS) is 16.3. The van der Waals surface area contributed by atoms with Gasteiger partial charge in [0.05, 0.1) is 13.2 Å². The van der Waals surface area contributed by atoms with E-state index in [1.54, 1.807) is 12.1 Å². The molecule has 4 heteroatoms. The SMILES string of the molecule is NCC(=O)c1ccc(OCCC2CCNCC2)cc1. The van der Waals surface area contributed by atoms with Crippen LogP contribution >= 0.6 is 0 Å². The molecule has 0 aliphatic carbocycles. The molecule has 0 spiro atoms. The van der Waals surface area contributed by atoms with Crippen molar-refractivity contribution < 1.29 is 9.53 Å². The molecule has 0 bridgehead atoms. The van der Waals surface area contributed by atoms with Crippen molar-refractivity contribution in [3.63, 3.8) is 0 Å². The Kier molecular flexibility index (Phi) is 5.36. The van der Waals surface area contributed by atoms with E-state index in [0.29, 0.717) is 5.56 Å². The first-order valence-corrected chi connectivity index (χ1v) is 6.96. The maximum absolute atomic E-state index is 11.4. The maximum Gasteiger partial charge on any atom is 0.176 e. The summed E-state index contributed by atoms with van der Waals surface area (Å²) in [4.78, 5) is 11.4. The van der Waals surface area contributed by atoms with E-state index in [4.69, 9.17) is 10.5 Å². The second-order valence-electron chi connectivity index (χ2n) is 4.98. The van der Waals surface area contributed by atoms with Crippen molar-refractivity contribution in [3.05, 3.63) is 29.8 Å². The summed E-state index contributed by atoms with van der Waals surface area (Å²) in [7, 11) is 0. The Morgan fingerprint density at radius 2 is 1.95 bits per heavy atom. The van der Waals surface area contributed by atoms with Crippen molar-refractivity contribution >= 4 is 5.78 Å². The Bertz CT molecular complexity index is 397. The molecule has 1 saturated heterocycles. The lowest BCUT2D eigenvalue weighted by Gasteiger charge is -2.22. The zero-order chi connectivity index (χ0) is 13.5. The molecule has 104 valence electrons. The lowest BCUT2D eigenvalue weighted by molar-refractivity contribution is 0.100. The molecule has 4 nitrogen and oxygen atoms in total. The van der Waals surface area contributed by atoms with Crippen molar-refractivity contribution in [2.75, 3.05) is 26.2 Å². The van der Waals surface area contributed by atoms with Gasteiger partial charge in [-0.2, -0.15) is 0 Å². The molecule has 0 atom stereocenters. The van der Waals surface area contributed by atoms with E-state index in [1.807, 2.05) is 12.1 Å². The van der Waals surface area contributed by atoms with Gasteiger partial charge in [-0.3, -0.25) is 4.79 Å². The average Bonchev–Trinajstić information content (AvgIpc) is 2.48. The Morgan fingerprint density at radius 3 is 2.58 bits per heavy atom. The number of benzene rings is 1. The van der Waals surface area contributed by atoms with Crippen LogP contribution in [-0.2, 0) is 0 Å². The van der Waals surface area contributed by atoms with E-state index >= 15 is 0 Å². The number of piperidine rings is 1. The number of carbonyl (C=O) groups excluding carboxylic acids is 1. The standard InChI is InChI=1S/C15H22N2O2/c16-11-15(18)13-1-3-14(4-2-13)19-10-7-12-5-8-17-9-6-12/h1-4,12,17H,5-11,16H2. The lowest BCUT2D eigenvalue weighted by Crippen LogP contribution is -2.28. The molecule has 0 unspecified atom stereocenters. The second kappa shape index (κ2) is 7.26. The fourth-order valence-corrected chi connectivity index (χ4v) is 2.37. The molecular weight excluding hydrogens is 240 g/mol. The molecule has 1 aliphatic heterocycles. The van der Waals surface area contributed by atoms with E-state index in [9.17, 15) is 4.79 Å². The molecule has 0 amide bonds. The van der Waals surface area contributed by atoms with Gasteiger partial charge in [0, 0.05) is 5.56 Å². The molecule has 1 fully saturated rings. The van der Waals surface area contributed by atoms with Crippen LogP contribution in [0.2, 0.25) is 0 Å². The summed E-state index contributed by atoms with van der Waals surface area (Å²) in [5, 5.41) is 3.36. The van der Waals surface area contributed by atoms with Gasteiger partial charge in [-0.1, -0.05) is 0 Å². The van der Waals surface area contributed by atoms with Gasteiger partial charge in [-0.15, -0.1) is 0 Å². The molecule has 0 saturated carbocycles. The van der Waals surface area contributed by atoms with Crippen molar-refractivity contribution in [3.8, 4) is 5.75 Å². The topological polar surface area (TPSA) is 64.4 Å². The highest BCUT2D eigenvalue weighted by Gasteiger charge is 2.12. The summed E-state index contributed by atoms with van der Waals surface area (Å²) in [6.07, 6.45) is 3.59. The lowest BCUT2D eigenvalue weighted by atomic mass is 9.95. The van der Waals surface area contributed by atoms with Crippen molar-refractivity contribution in [1.82, 2.24) is 5.32 Å². The van der Waals surface area contributed by atoms with Crippen LogP contribution in [0.3, 0.4) is 0 Å². The number of hydrogen-bond donors (Lipinski definition) is 2. The van der Waals surface area contributed by atoms with E-state index in [-0.39, 0.29) is 12.3 Å². The molecule has 0 radical (unpaired) electrons. The smallest absolute Gasteiger partial charge is 0.176 e. The fraction of sp³-hybridized carbons (Fsp3) is 0.533. The number of carbonyl (C=O) groups is 1. The van der Waals surface area contributed by atoms with Gasteiger partial charge in [0.2, 0.25) is 0 Å². The van der Waals surface area contributed by atoms with Gasteiger partial charge in [0.15, 0.2) is 5.78 Å². The molecule has 19 heavy (non-hydrogen) atoms. The molecule has 3 N–H and O–H groups in total. The molecule has 1 aromatic carbocycles. The van der Waals surface area contributed by atoms with Crippen LogP contribution in [0.1, 0.15) is 29.6 Å². The van der Waals surface area contributed by atoms with Gasteiger partial charge in [0.1, 0.15) is 5.75 Å². The second-order valence-corrected chi connectivity index (χ2v) is 4.98. The minimum Gasteiger partial charge on any atom is -0.494 e. The van der Waals surface area contributed by atoms with Crippen molar-refractivity contribution in [2.45, 2.75) is 19.3 Å². The molecule has 1 heterocycles. The molecule has 1 aromatic rings. The third kappa shape index (κ3) is 4.33. The summed E-state index contributed by atoms with van der Waals surface area (Å²) in [5.74, 6) is 1.56. The Hall–Kier alpha value is -1.39. The number of nitrogens with two attached hydrogens (primary N) is 1. The number of Topliss-reactive ketones (excluding diaryl/α,β-unsaturated/α-hetero) is 1. The molecule has 2 rings (SSSR count). The highest BCUT2D eigenvalue weighted by Crippen LogP contribution is 2.18. The largest absolute Gasteiger partial charge is 0.494 e. The zero-order valence-corrected chi connectivity index (χ0v) is 11.2. The van der Waals surface area contributed by atoms with Crippen LogP contribution in [-0.4, -0.2) is 32.0 Å². The first-order valence-electron chi connectivity index (χ1n) is 6.96. The van der Waals surface area contributed by atoms with Crippen molar-refractivity contribution in [2.24, 2.45) is 11.7 Å². The first-order chi connectivity index (χ1) is 9.29. The van der Waals surface area contributed by atoms with E-state index in [0.717, 1.165) is 37.8 Å². The minimum atomic E-state index is -0.0405. The van der Waals surface area contributed by atoms with Gasteiger partial charge >= 0.3 is 0 Å². The summed E-state index contributed by atoms with van der Waals surface area (Å²) < 4.78 is 5.71. The van der Waals surface area contributed by atoms with E-state index in [2.05, 4.69) is 5.32 Å². The summed E-state index contributed by atoms with van der Waals surface area (Å²) >= 11 is 0. The highest BCUT2D eigenvalue weighted by molar-refractivity contribution is 5.97. The van der Waals surface area contributed by atoms with Crippen LogP contribution in [0.4, 0.5) is 0 Å². The van der Waals surface area contributed by atoms with Crippen LogP contribution < -0.4 is 15.8 Å². The van der Waals surface area contributed by atoms with Gasteiger partial charge in [0.25, 0.3) is 0 Å². The fourth-order valence-electron chi connectivity index (χ4n) is 2.37. The summed E-state index contributed by atoms with van der Waals surface area (Å²) in [6, 6.07) is 7.22. The Labute approximate surface area is 114 Å². The van der Waals surface area contributed by atoms with Crippen molar-refractivity contribution in [1.29, 1.82) is 0 Å². The summed E-state index contributed by atoms with van der Waals surface area (Å²) in [6.45, 7) is 3.05. The monoisotopic (exact) mass is 262 g/mol. The van der Waals surface area contributed by atoms with Crippen LogP contribution in [0.15, 0.2) is 24.3 Å². The highest BCUT2D eigenvalue weighted by atomic mass is 16.5. The Balaban J connectivity index is 1.75. The average molecular weight is 262 g/mol. The van der Waals surface area contributed by atoms with E-state index < -0.39 is 0 Å². The molecule has 0 aromatic heterocycles. The van der Waals surface area contributed by atoms with Crippen LogP contribution in [0.5, 0.6) is 5.75 Å². The third-order valence-corrected chi connectivity index (χ3v) is 3.62.